The normalized spacial score (nSPS) is 10.6. The van der Waals surface area contributed by atoms with Crippen LogP contribution in [-0.2, 0) is 6.54 Å². The van der Waals surface area contributed by atoms with Gasteiger partial charge in [0.2, 0.25) is 0 Å². The molecule has 22 heavy (non-hydrogen) atoms. The van der Waals surface area contributed by atoms with Gasteiger partial charge in [0.1, 0.15) is 5.82 Å². The molecule has 0 aliphatic carbocycles. The van der Waals surface area contributed by atoms with Crippen molar-refractivity contribution in [2.75, 3.05) is 17.7 Å². The number of halogens is 1. The largest absolute Gasteiger partial charge is 0.467 e. The van der Waals surface area contributed by atoms with E-state index in [0.29, 0.717) is 18.2 Å². The Hall–Kier alpha value is -2.37. The number of nitrogens with one attached hydrogen (secondary N) is 2. The van der Waals surface area contributed by atoms with Crippen LogP contribution in [0.15, 0.2) is 24.4 Å². The van der Waals surface area contributed by atoms with Gasteiger partial charge in [-0.1, -0.05) is 6.07 Å². The maximum absolute atomic E-state index is 14.1. The summed E-state index contributed by atoms with van der Waals surface area (Å²) in [5.41, 5.74) is 2.88. The summed E-state index contributed by atoms with van der Waals surface area (Å²) in [4.78, 5) is 8.30. The molecule has 6 heteroatoms. The van der Waals surface area contributed by atoms with Crippen LogP contribution in [-0.4, -0.2) is 23.1 Å². The van der Waals surface area contributed by atoms with E-state index in [4.69, 9.17) is 4.74 Å². The number of anilines is 2. The fraction of sp³-hybridized carbons (Fsp3) is 0.375. The lowest BCUT2D eigenvalue weighted by atomic mass is 10.2. The van der Waals surface area contributed by atoms with Crippen LogP contribution >= 0.6 is 0 Å². The average Bonchev–Trinajstić information content (AvgIpc) is 2.47. The minimum absolute atomic E-state index is 0.216. The molecule has 2 aromatic rings. The topological polar surface area (TPSA) is 59.1 Å². The Morgan fingerprint density at radius 3 is 2.73 bits per heavy atom. The van der Waals surface area contributed by atoms with E-state index in [-0.39, 0.29) is 11.9 Å². The molecule has 0 spiro atoms. The van der Waals surface area contributed by atoms with Crippen molar-refractivity contribution >= 4 is 11.4 Å². The lowest BCUT2D eigenvalue weighted by molar-refractivity contribution is 0.378. The van der Waals surface area contributed by atoms with Gasteiger partial charge < -0.3 is 15.4 Å². The summed E-state index contributed by atoms with van der Waals surface area (Å²) in [5.74, 6) is -0.294. The number of ether oxygens (including phenoxy) is 1. The first-order valence-corrected chi connectivity index (χ1v) is 7.16. The molecule has 0 unspecified atom stereocenters. The van der Waals surface area contributed by atoms with Crippen molar-refractivity contribution in [2.24, 2.45) is 0 Å². The number of nitrogens with zero attached hydrogens (tertiary/aromatic N) is 2. The van der Waals surface area contributed by atoms with Crippen molar-refractivity contribution in [1.29, 1.82) is 0 Å². The van der Waals surface area contributed by atoms with E-state index < -0.39 is 0 Å². The summed E-state index contributed by atoms with van der Waals surface area (Å²) in [5, 5.41) is 6.35. The zero-order valence-corrected chi connectivity index (χ0v) is 13.3. The van der Waals surface area contributed by atoms with Gasteiger partial charge in [-0.25, -0.2) is 14.4 Å². The van der Waals surface area contributed by atoms with E-state index in [1.165, 1.54) is 13.2 Å². The third kappa shape index (κ3) is 3.84. The van der Waals surface area contributed by atoms with Crippen LogP contribution in [0.1, 0.15) is 25.1 Å². The lowest BCUT2D eigenvalue weighted by Crippen LogP contribution is -2.13. The standard InChI is InChI=1S/C16H21FN4O/c1-10(2)20-14-7-5-6-13(17)15(14)18-8-12-9-19-16(22-4)21-11(12)3/h5-7,9-10,18,20H,8H2,1-4H3. The molecule has 1 aromatic heterocycles. The number of para-hydroxylation sites is 1. The predicted octanol–water partition coefficient (Wildman–Crippen LogP) is 3.37. The van der Waals surface area contributed by atoms with Gasteiger partial charge in [-0.3, -0.25) is 0 Å². The monoisotopic (exact) mass is 304 g/mol. The fourth-order valence-electron chi connectivity index (χ4n) is 2.06. The van der Waals surface area contributed by atoms with Gasteiger partial charge in [0.05, 0.1) is 18.5 Å². The Bertz CT molecular complexity index is 646. The molecular weight excluding hydrogens is 283 g/mol. The van der Waals surface area contributed by atoms with Gasteiger partial charge in [0, 0.05) is 30.0 Å². The molecule has 5 nitrogen and oxygen atoms in total. The third-order valence-electron chi connectivity index (χ3n) is 3.15. The Balaban J connectivity index is 2.17. The number of aryl methyl sites for hydroxylation is 1. The number of rotatable bonds is 6. The molecule has 118 valence electrons. The second-order valence-electron chi connectivity index (χ2n) is 5.28. The molecule has 0 fully saturated rings. The molecule has 0 bridgehead atoms. The fourth-order valence-corrected chi connectivity index (χ4v) is 2.06. The summed E-state index contributed by atoms with van der Waals surface area (Å²) < 4.78 is 19.1. The predicted molar refractivity (Wildman–Crippen MR) is 85.8 cm³/mol. The molecule has 1 aromatic carbocycles. The van der Waals surface area contributed by atoms with Gasteiger partial charge in [0.15, 0.2) is 0 Å². The van der Waals surface area contributed by atoms with Crippen LogP contribution in [0.3, 0.4) is 0 Å². The Morgan fingerprint density at radius 2 is 2.09 bits per heavy atom. The highest BCUT2D eigenvalue weighted by molar-refractivity contribution is 5.69. The summed E-state index contributed by atoms with van der Waals surface area (Å²) in [6.07, 6.45) is 1.69. The molecule has 0 aliphatic heterocycles. The lowest BCUT2D eigenvalue weighted by Gasteiger charge is -2.17. The first-order valence-electron chi connectivity index (χ1n) is 7.16. The molecule has 0 atom stereocenters. The number of aromatic nitrogens is 2. The third-order valence-corrected chi connectivity index (χ3v) is 3.15. The van der Waals surface area contributed by atoms with Gasteiger partial charge in [-0.2, -0.15) is 0 Å². The van der Waals surface area contributed by atoms with Gasteiger partial charge in [0.25, 0.3) is 0 Å². The first kappa shape index (κ1) is 16.0. The van der Waals surface area contributed by atoms with Crippen molar-refractivity contribution < 1.29 is 9.13 Å². The quantitative estimate of drug-likeness (QED) is 0.857. The molecule has 2 N–H and O–H groups in total. The highest BCUT2D eigenvalue weighted by Gasteiger charge is 2.10. The van der Waals surface area contributed by atoms with Gasteiger partial charge in [-0.05, 0) is 32.9 Å². The smallest absolute Gasteiger partial charge is 0.316 e. The van der Waals surface area contributed by atoms with Crippen LogP contribution < -0.4 is 15.4 Å². The second-order valence-corrected chi connectivity index (χ2v) is 5.28. The van der Waals surface area contributed by atoms with Gasteiger partial charge in [-0.15, -0.1) is 0 Å². The number of benzene rings is 1. The van der Waals surface area contributed by atoms with Crippen molar-refractivity contribution in [3.63, 3.8) is 0 Å². The van der Waals surface area contributed by atoms with E-state index in [1.807, 2.05) is 26.8 Å². The first-order chi connectivity index (χ1) is 10.5. The SMILES string of the molecule is COc1ncc(CNc2c(F)cccc2NC(C)C)c(C)n1. The minimum Gasteiger partial charge on any atom is -0.467 e. The average molecular weight is 304 g/mol. The van der Waals surface area contributed by atoms with Crippen molar-refractivity contribution in [1.82, 2.24) is 9.97 Å². The highest BCUT2D eigenvalue weighted by Crippen LogP contribution is 2.26. The van der Waals surface area contributed by atoms with E-state index >= 15 is 0 Å². The van der Waals surface area contributed by atoms with Gasteiger partial charge >= 0.3 is 6.01 Å². The molecule has 0 saturated heterocycles. The zero-order valence-electron chi connectivity index (χ0n) is 13.3. The molecule has 0 amide bonds. The highest BCUT2D eigenvalue weighted by atomic mass is 19.1. The van der Waals surface area contributed by atoms with Crippen molar-refractivity contribution in [3.05, 3.63) is 41.5 Å². The van der Waals surface area contributed by atoms with E-state index in [9.17, 15) is 4.39 Å². The molecule has 2 rings (SSSR count). The number of hydrogen-bond donors (Lipinski definition) is 2. The Kier molecular flexibility index (Phi) is 5.14. The van der Waals surface area contributed by atoms with E-state index in [0.717, 1.165) is 16.9 Å². The summed E-state index contributed by atoms with van der Waals surface area (Å²) in [7, 11) is 1.52. The molecule has 0 aliphatic rings. The van der Waals surface area contributed by atoms with Crippen molar-refractivity contribution in [3.8, 4) is 6.01 Å². The number of hydrogen-bond acceptors (Lipinski definition) is 5. The van der Waals surface area contributed by atoms with Crippen molar-refractivity contribution in [2.45, 2.75) is 33.4 Å². The second kappa shape index (κ2) is 7.06. The molecule has 0 radical (unpaired) electrons. The number of methoxy groups -OCH3 is 1. The molecule has 1 heterocycles. The van der Waals surface area contributed by atoms with Crippen LogP contribution in [0.5, 0.6) is 6.01 Å². The summed E-state index contributed by atoms with van der Waals surface area (Å²) >= 11 is 0. The van der Waals surface area contributed by atoms with Crippen LogP contribution in [0.4, 0.5) is 15.8 Å². The van der Waals surface area contributed by atoms with Crippen LogP contribution in [0.25, 0.3) is 0 Å². The summed E-state index contributed by atoms with van der Waals surface area (Å²) in [6, 6.07) is 5.52. The van der Waals surface area contributed by atoms with E-state index in [2.05, 4.69) is 20.6 Å². The van der Waals surface area contributed by atoms with Crippen LogP contribution in [0, 0.1) is 12.7 Å². The Labute approximate surface area is 129 Å². The summed E-state index contributed by atoms with van der Waals surface area (Å²) in [6.45, 7) is 6.33. The minimum atomic E-state index is -0.294. The molecular formula is C16H21FN4O. The molecule has 0 saturated carbocycles. The maximum Gasteiger partial charge on any atom is 0.316 e. The van der Waals surface area contributed by atoms with E-state index in [1.54, 1.807) is 12.3 Å². The zero-order chi connectivity index (χ0) is 16.1. The maximum atomic E-state index is 14.1. The Morgan fingerprint density at radius 1 is 1.32 bits per heavy atom. The van der Waals surface area contributed by atoms with Crippen LogP contribution in [0.2, 0.25) is 0 Å².